The molecule has 0 bridgehead atoms. The van der Waals surface area contributed by atoms with Gasteiger partial charge in [-0.3, -0.25) is 4.98 Å². The summed E-state index contributed by atoms with van der Waals surface area (Å²) in [6.45, 7) is 0.301. The Kier molecular flexibility index (Phi) is 4.07. The van der Waals surface area contributed by atoms with E-state index in [0.29, 0.717) is 23.9 Å². The second kappa shape index (κ2) is 6.32. The monoisotopic (exact) mass is 311 g/mol. The Balaban J connectivity index is 2.08. The number of carboxylic acids is 1. The standard InChI is InChI=1S/C15H13N5O3/c1-23-9-11-7-13(20-6-4-12(19-20)15(21)22)18-14(17-11)10-3-2-5-16-8-10/h2-8H,9H2,1H3,(H,21,22). The lowest BCUT2D eigenvalue weighted by Gasteiger charge is -2.07. The lowest BCUT2D eigenvalue weighted by Crippen LogP contribution is -2.06. The Bertz CT molecular complexity index is 832. The van der Waals surface area contributed by atoms with E-state index in [1.807, 2.05) is 6.07 Å². The molecule has 1 N–H and O–H groups in total. The molecule has 0 atom stereocenters. The Hall–Kier alpha value is -3.13. The van der Waals surface area contributed by atoms with Gasteiger partial charge in [-0.2, -0.15) is 5.10 Å². The van der Waals surface area contributed by atoms with E-state index in [1.54, 1.807) is 31.6 Å². The van der Waals surface area contributed by atoms with Crippen LogP contribution in [0.2, 0.25) is 0 Å². The predicted octanol–water partition coefficient (Wildman–Crippen LogP) is 1.57. The molecule has 3 aromatic heterocycles. The summed E-state index contributed by atoms with van der Waals surface area (Å²) in [6, 6.07) is 6.73. The summed E-state index contributed by atoms with van der Waals surface area (Å²) < 4.78 is 6.52. The largest absolute Gasteiger partial charge is 0.476 e. The highest BCUT2D eigenvalue weighted by Crippen LogP contribution is 2.17. The maximum Gasteiger partial charge on any atom is 0.356 e. The van der Waals surface area contributed by atoms with Gasteiger partial charge in [-0.25, -0.2) is 19.4 Å². The number of carbonyl (C=O) groups is 1. The second-order valence-corrected chi connectivity index (χ2v) is 4.67. The number of methoxy groups -OCH3 is 1. The highest BCUT2D eigenvalue weighted by Gasteiger charge is 2.12. The van der Waals surface area contributed by atoms with Gasteiger partial charge in [-0.15, -0.1) is 0 Å². The Labute approximate surface area is 131 Å². The van der Waals surface area contributed by atoms with Gasteiger partial charge in [0.2, 0.25) is 0 Å². The van der Waals surface area contributed by atoms with Crippen LogP contribution in [0.15, 0.2) is 42.9 Å². The summed E-state index contributed by atoms with van der Waals surface area (Å²) in [7, 11) is 1.57. The van der Waals surface area contributed by atoms with Crippen molar-refractivity contribution in [3.05, 3.63) is 54.2 Å². The summed E-state index contributed by atoms with van der Waals surface area (Å²) in [4.78, 5) is 23.9. The van der Waals surface area contributed by atoms with Crippen LogP contribution in [-0.4, -0.2) is 42.9 Å². The van der Waals surface area contributed by atoms with Crippen LogP contribution in [0.3, 0.4) is 0 Å². The summed E-state index contributed by atoms with van der Waals surface area (Å²) in [6.07, 6.45) is 4.85. The molecule has 116 valence electrons. The van der Waals surface area contributed by atoms with E-state index in [0.717, 1.165) is 5.56 Å². The fourth-order valence-electron chi connectivity index (χ4n) is 2.01. The molecular formula is C15H13N5O3. The first-order chi connectivity index (χ1) is 11.2. The van der Waals surface area contributed by atoms with E-state index in [9.17, 15) is 4.79 Å². The fraction of sp³-hybridized carbons (Fsp3) is 0.133. The number of aromatic nitrogens is 5. The van der Waals surface area contributed by atoms with Crippen molar-refractivity contribution in [1.29, 1.82) is 0 Å². The van der Waals surface area contributed by atoms with Crippen LogP contribution in [-0.2, 0) is 11.3 Å². The molecular weight excluding hydrogens is 298 g/mol. The molecule has 0 radical (unpaired) electrons. The number of hydrogen-bond donors (Lipinski definition) is 1. The van der Waals surface area contributed by atoms with E-state index in [4.69, 9.17) is 9.84 Å². The summed E-state index contributed by atoms with van der Waals surface area (Å²) in [5.41, 5.74) is 1.35. The number of rotatable bonds is 5. The quantitative estimate of drug-likeness (QED) is 0.762. The summed E-state index contributed by atoms with van der Waals surface area (Å²) in [5.74, 6) is -0.171. The van der Waals surface area contributed by atoms with Crippen LogP contribution >= 0.6 is 0 Å². The van der Waals surface area contributed by atoms with Gasteiger partial charge in [-0.1, -0.05) is 0 Å². The number of aromatic carboxylic acids is 1. The van der Waals surface area contributed by atoms with E-state index in [-0.39, 0.29) is 5.69 Å². The minimum Gasteiger partial charge on any atom is -0.476 e. The van der Waals surface area contributed by atoms with Crippen LogP contribution in [0, 0.1) is 0 Å². The van der Waals surface area contributed by atoms with Crippen molar-refractivity contribution in [2.75, 3.05) is 7.11 Å². The summed E-state index contributed by atoms with van der Waals surface area (Å²) in [5, 5.41) is 13.0. The van der Waals surface area contributed by atoms with Crippen molar-refractivity contribution in [1.82, 2.24) is 24.7 Å². The zero-order valence-corrected chi connectivity index (χ0v) is 12.2. The first-order valence-corrected chi connectivity index (χ1v) is 6.74. The highest BCUT2D eigenvalue weighted by atomic mass is 16.5. The molecule has 0 spiro atoms. The van der Waals surface area contributed by atoms with Crippen molar-refractivity contribution in [3.63, 3.8) is 0 Å². The molecule has 0 aliphatic rings. The Morgan fingerprint density at radius 3 is 2.87 bits per heavy atom. The van der Waals surface area contributed by atoms with E-state index < -0.39 is 5.97 Å². The van der Waals surface area contributed by atoms with Crippen molar-refractivity contribution in [3.8, 4) is 17.2 Å². The van der Waals surface area contributed by atoms with Gasteiger partial charge in [0.15, 0.2) is 17.3 Å². The van der Waals surface area contributed by atoms with Crippen molar-refractivity contribution < 1.29 is 14.6 Å². The number of pyridine rings is 1. The topological polar surface area (TPSA) is 103 Å². The number of hydrogen-bond acceptors (Lipinski definition) is 6. The van der Waals surface area contributed by atoms with E-state index in [2.05, 4.69) is 20.1 Å². The number of carboxylic acid groups (broad SMARTS) is 1. The molecule has 0 aliphatic carbocycles. The first kappa shape index (κ1) is 14.8. The molecule has 8 heteroatoms. The van der Waals surface area contributed by atoms with Crippen LogP contribution < -0.4 is 0 Å². The molecule has 8 nitrogen and oxygen atoms in total. The zero-order valence-electron chi connectivity index (χ0n) is 12.2. The zero-order chi connectivity index (χ0) is 16.2. The maximum atomic E-state index is 11.0. The average molecular weight is 311 g/mol. The SMILES string of the molecule is COCc1cc(-n2ccc(C(=O)O)n2)nc(-c2cccnc2)n1. The minimum atomic E-state index is -1.09. The third-order valence-electron chi connectivity index (χ3n) is 3.02. The van der Waals surface area contributed by atoms with Crippen LogP contribution in [0.25, 0.3) is 17.2 Å². The molecule has 3 heterocycles. The van der Waals surface area contributed by atoms with Gasteiger partial charge in [0.25, 0.3) is 0 Å². The molecule has 0 unspecified atom stereocenters. The van der Waals surface area contributed by atoms with Crippen LogP contribution in [0.5, 0.6) is 0 Å². The highest BCUT2D eigenvalue weighted by molar-refractivity contribution is 5.85. The molecule has 0 saturated carbocycles. The molecule has 0 amide bonds. The van der Waals surface area contributed by atoms with E-state index in [1.165, 1.54) is 16.9 Å². The van der Waals surface area contributed by atoms with E-state index >= 15 is 0 Å². The lowest BCUT2D eigenvalue weighted by atomic mass is 10.2. The number of ether oxygens (including phenoxy) is 1. The number of nitrogens with zero attached hydrogens (tertiary/aromatic N) is 5. The van der Waals surface area contributed by atoms with Crippen LogP contribution in [0.1, 0.15) is 16.2 Å². The third kappa shape index (κ3) is 3.22. The van der Waals surface area contributed by atoms with Crippen molar-refractivity contribution in [2.24, 2.45) is 0 Å². The Morgan fingerprint density at radius 1 is 1.35 bits per heavy atom. The summed E-state index contributed by atoms with van der Waals surface area (Å²) >= 11 is 0. The molecule has 3 aromatic rings. The first-order valence-electron chi connectivity index (χ1n) is 6.74. The minimum absolute atomic E-state index is 0.0557. The molecule has 23 heavy (non-hydrogen) atoms. The van der Waals surface area contributed by atoms with Crippen molar-refractivity contribution in [2.45, 2.75) is 6.61 Å². The van der Waals surface area contributed by atoms with Gasteiger partial charge in [0.1, 0.15) is 0 Å². The molecule has 0 aromatic carbocycles. The predicted molar refractivity (Wildman–Crippen MR) is 80.1 cm³/mol. The fourth-order valence-corrected chi connectivity index (χ4v) is 2.01. The average Bonchev–Trinajstić information content (AvgIpc) is 3.06. The van der Waals surface area contributed by atoms with Crippen LogP contribution in [0.4, 0.5) is 0 Å². The Morgan fingerprint density at radius 2 is 2.22 bits per heavy atom. The van der Waals surface area contributed by atoms with Crippen molar-refractivity contribution >= 4 is 5.97 Å². The van der Waals surface area contributed by atoms with Gasteiger partial charge < -0.3 is 9.84 Å². The van der Waals surface area contributed by atoms with Gasteiger partial charge in [0, 0.05) is 37.3 Å². The smallest absolute Gasteiger partial charge is 0.356 e. The molecule has 3 rings (SSSR count). The van der Waals surface area contributed by atoms with Gasteiger partial charge >= 0.3 is 5.97 Å². The molecule has 0 aliphatic heterocycles. The third-order valence-corrected chi connectivity index (χ3v) is 3.02. The normalized spacial score (nSPS) is 10.7. The molecule has 0 fully saturated rings. The van der Waals surface area contributed by atoms with Gasteiger partial charge in [-0.05, 0) is 18.2 Å². The maximum absolute atomic E-state index is 11.0. The van der Waals surface area contributed by atoms with Gasteiger partial charge in [0.05, 0.1) is 12.3 Å². The lowest BCUT2D eigenvalue weighted by molar-refractivity contribution is 0.0690. The second-order valence-electron chi connectivity index (χ2n) is 4.67. The molecule has 0 saturated heterocycles.